The molecule has 0 amide bonds. The van der Waals surface area contributed by atoms with Gasteiger partial charge >= 0.3 is 0 Å². The Morgan fingerprint density at radius 1 is 1.38 bits per heavy atom. The van der Waals surface area contributed by atoms with Gasteiger partial charge in [-0.3, -0.25) is 4.98 Å². The maximum absolute atomic E-state index is 12.7. The number of halogens is 2. The van der Waals surface area contributed by atoms with Crippen molar-refractivity contribution in [3.8, 4) is 0 Å². The number of alkyl halides is 2. The summed E-state index contributed by atoms with van der Waals surface area (Å²) in [6.07, 6.45) is -1.04. The van der Waals surface area contributed by atoms with E-state index in [9.17, 15) is 17.2 Å². The molecule has 2 heterocycles. The van der Waals surface area contributed by atoms with E-state index in [1.165, 1.54) is 6.07 Å². The second-order valence-electron chi connectivity index (χ2n) is 6.01. The van der Waals surface area contributed by atoms with Gasteiger partial charge in [0.2, 0.25) is 0 Å². The quantitative estimate of drug-likeness (QED) is 0.924. The van der Waals surface area contributed by atoms with Crippen LogP contribution in [-0.2, 0) is 16.3 Å². The fourth-order valence-corrected chi connectivity index (χ4v) is 5.49. The van der Waals surface area contributed by atoms with Gasteiger partial charge in [-0.05, 0) is 36.8 Å². The van der Waals surface area contributed by atoms with Crippen molar-refractivity contribution in [1.29, 1.82) is 0 Å². The maximum atomic E-state index is 12.7. The largest absolute Gasteiger partial charge is 0.316 e. The average Bonchev–Trinajstić information content (AvgIpc) is 2.34. The first-order chi connectivity index (χ1) is 9.88. The fourth-order valence-electron chi connectivity index (χ4n) is 3.21. The summed E-state index contributed by atoms with van der Waals surface area (Å²) >= 11 is 0. The molecule has 4 nitrogen and oxygen atoms in total. The van der Waals surface area contributed by atoms with Crippen LogP contribution in [0.2, 0.25) is 0 Å². The van der Waals surface area contributed by atoms with Gasteiger partial charge in [0.15, 0.2) is 9.84 Å². The molecule has 1 N–H and O–H groups in total. The maximum Gasteiger partial charge on any atom is 0.280 e. The van der Waals surface area contributed by atoms with Gasteiger partial charge in [-0.15, -0.1) is 0 Å². The van der Waals surface area contributed by atoms with Gasteiger partial charge in [-0.2, -0.15) is 0 Å². The van der Waals surface area contributed by atoms with Crippen LogP contribution >= 0.6 is 0 Å². The van der Waals surface area contributed by atoms with Crippen molar-refractivity contribution in [2.45, 2.75) is 42.8 Å². The predicted molar refractivity (Wildman–Crippen MR) is 74.1 cm³/mol. The Morgan fingerprint density at radius 2 is 2.05 bits per heavy atom. The van der Waals surface area contributed by atoms with Gasteiger partial charge in [0.1, 0.15) is 5.69 Å². The summed E-state index contributed by atoms with van der Waals surface area (Å²) in [7, 11) is -3.47. The molecule has 1 aliphatic heterocycles. The number of hydrogen-bond donors (Lipinski definition) is 1. The number of hydrogen-bond acceptors (Lipinski definition) is 4. The number of aryl methyl sites for hydroxylation is 1. The number of aromatic nitrogens is 1. The van der Waals surface area contributed by atoms with E-state index >= 15 is 0 Å². The number of rotatable bonds is 4. The second kappa shape index (κ2) is 4.98. The van der Waals surface area contributed by atoms with E-state index in [0.717, 1.165) is 19.2 Å². The Kier molecular flexibility index (Phi) is 3.52. The second-order valence-corrected chi connectivity index (χ2v) is 8.21. The summed E-state index contributed by atoms with van der Waals surface area (Å²) in [6.45, 7) is 3.49. The number of sulfone groups is 1. The first kappa shape index (κ1) is 14.8. The Hall–Kier alpha value is -1.08. The van der Waals surface area contributed by atoms with E-state index in [1.54, 1.807) is 6.92 Å². The molecular weight excluding hydrogens is 298 g/mol. The summed E-state index contributed by atoms with van der Waals surface area (Å²) in [6, 6.07) is 2.42. The lowest BCUT2D eigenvalue weighted by atomic mass is 9.64. The van der Waals surface area contributed by atoms with Crippen LogP contribution < -0.4 is 5.32 Å². The number of pyridine rings is 1. The van der Waals surface area contributed by atoms with E-state index in [2.05, 4.69) is 10.3 Å². The molecule has 0 radical (unpaired) electrons. The highest BCUT2D eigenvalue weighted by atomic mass is 32.2. The molecule has 21 heavy (non-hydrogen) atoms. The molecule has 7 heteroatoms. The molecular formula is C14H18F2N2O2S. The lowest BCUT2D eigenvalue weighted by molar-refractivity contribution is 0.0640. The van der Waals surface area contributed by atoms with Crippen molar-refractivity contribution >= 4 is 9.84 Å². The molecule has 0 aromatic carbocycles. The van der Waals surface area contributed by atoms with Gasteiger partial charge in [-0.1, -0.05) is 6.92 Å². The summed E-state index contributed by atoms with van der Waals surface area (Å²) in [5, 5.41) is 2.77. The topological polar surface area (TPSA) is 59.1 Å². The summed E-state index contributed by atoms with van der Waals surface area (Å²) in [5.41, 5.74) is 0.0417. The van der Waals surface area contributed by atoms with Crippen molar-refractivity contribution in [1.82, 2.24) is 10.3 Å². The molecule has 2 aliphatic rings. The first-order valence-corrected chi connectivity index (χ1v) is 8.65. The van der Waals surface area contributed by atoms with Gasteiger partial charge < -0.3 is 5.32 Å². The molecule has 1 aliphatic carbocycles. The van der Waals surface area contributed by atoms with Crippen LogP contribution in [0.3, 0.4) is 0 Å². The molecule has 3 rings (SSSR count). The molecule has 0 bridgehead atoms. The summed E-state index contributed by atoms with van der Waals surface area (Å²) in [5.74, 6) is 0. The van der Waals surface area contributed by atoms with Crippen LogP contribution in [0.5, 0.6) is 0 Å². The Bertz CT molecular complexity index is 649. The molecule has 1 aromatic heterocycles. The SMILES string of the molecule is CCc1nc(C(F)F)ccc1S(=O)(=O)C1CC2(CNC2)C1. The Morgan fingerprint density at radius 3 is 2.52 bits per heavy atom. The van der Waals surface area contributed by atoms with Crippen LogP contribution in [0.1, 0.15) is 37.6 Å². The highest BCUT2D eigenvalue weighted by Crippen LogP contribution is 2.49. The Labute approximate surface area is 122 Å². The van der Waals surface area contributed by atoms with Crippen molar-refractivity contribution < 1.29 is 17.2 Å². The van der Waals surface area contributed by atoms with Crippen molar-refractivity contribution in [2.75, 3.05) is 13.1 Å². The van der Waals surface area contributed by atoms with Crippen molar-refractivity contribution in [3.05, 3.63) is 23.5 Å². The molecule has 116 valence electrons. The number of nitrogens with one attached hydrogen (secondary N) is 1. The minimum atomic E-state index is -3.47. The highest BCUT2D eigenvalue weighted by Gasteiger charge is 2.53. The van der Waals surface area contributed by atoms with E-state index in [1.807, 2.05) is 0 Å². The molecule has 2 fully saturated rings. The standard InChI is InChI=1S/C14H18F2N2O2S/c1-2-10-12(4-3-11(18-10)13(15)16)21(19,20)9-5-14(6-9)7-17-8-14/h3-4,9,13,17H,2,5-8H2,1H3. The van der Waals surface area contributed by atoms with Gasteiger partial charge in [0.25, 0.3) is 6.43 Å². The van der Waals surface area contributed by atoms with E-state index in [4.69, 9.17) is 0 Å². The van der Waals surface area contributed by atoms with Crippen LogP contribution in [0.15, 0.2) is 17.0 Å². The lowest BCUT2D eigenvalue weighted by Crippen LogP contribution is -2.63. The molecule has 1 spiro atoms. The lowest BCUT2D eigenvalue weighted by Gasteiger charge is -2.53. The van der Waals surface area contributed by atoms with Gasteiger partial charge in [-0.25, -0.2) is 17.2 Å². The minimum Gasteiger partial charge on any atom is -0.316 e. The number of nitrogens with zero attached hydrogens (tertiary/aromatic N) is 1. The van der Waals surface area contributed by atoms with E-state index in [-0.39, 0.29) is 21.7 Å². The van der Waals surface area contributed by atoms with Crippen LogP contribution in [-0.4, -0.2) is 31.7 Å². The summed E-state index contributed by atoms with van der Waals surface area (Å²) < 4.78 is 50.7. The average molecular weight is 316 g/mol. The van der Waals surface area contributed by atoms with Gasteiger partial charge in [0.05, 0.1) is 15.8 Å². The third-order valence-corrected chi connectivity index (χ3v) is 6.77. The monoisotopic (exact) mass is 316 g/mol. The summed E-state index contributed by atoms with van der Waals surface area (Å²) in [4.78, 5) is 3.95. The van der Waals surface area contributed by atoms with Crippen molar-refractivity contribution in [2.24, 2.45) is 5.41 Å². The predicted octanol–water partition coefficient (Wildman–Crippen LogP) is 2.11. The molecule has 1 saturated heterocycles. The fraction of sp³-hybridized carbons (Fsp3) is 0.643. The van der Waals surface area contributed by atoms with E-state index < -0.39 is 21.5 Å². The third-order valence-electron chi connectivity index (χ3n) is 4.58. The van der Waals surface area contributed by atoms with Crippen LogP contribution in [0.25, 0.3) is 0 Å². The minimum absolute atomic E-state index is 0.126. The zero-order valence-corrected chi connectivity index (χ0v) is 12.6. The Balaban J connectivity index is 1.88. The third kappa shape index (κ3) is 2.36. The van der Waals surface area contributed by atoms with Crippen LogP contribution in [0, 0.1) is 5.41 Å². The van der Waals surface area contributed by atoms with E-state index in [0.29, 0.717) is 19.3 Å². The molecule has 0 unspecified atom stereocenters. The molecule has 1 aromatic rings. The smallest absolute Gasteiger partial charge is 0.280 e. The first-order valence-electron chi connectivity index (χ1n) is 7.10. The zero-order valence-electron chi connectivity index (χ0n) is 11.8. The molecule has 0 atom stereocenters. The van der Waals surface area contributed by atoms with Gasteiger partial charge in [0, 0.05) is 13.1 Å². The highest BCUT2D eigenvalue weighted by molar-refractivity contribution is 7.92. The molecule has 1 saturated carbocycles. The van der Waals surface area contributed by atoms with Crippen molar-refractivity contribution in [3.63, 3.8) is 0 Å². The normalized spacial score (nSPS) is 21.3. The van der Waals surface area contributed by atoms with Crippen LogP contribution in [0.4, 0.5) is 8.78 Å². The zero-order chi connectivity index (χ0) is 15.3.